The Hall–Kier alpha value is -0.760. The molecule has 0 radical (unpaired) electrons. The van der Waals surface area contributed by atoms with E-state index >= 15 is 0 Å². The van der Waals surface area contributed by atoms with Crippen LogP contribution in [-0.4, -0.2) is 33.0 Å². The van der Waals surface area contributed by atoms with Crippen LogP contribution in [0.2, 0.25) is 0 Å². The molecule has 2 unspecified atom stereocenters. The summed E-state index contributed by atoms with van der Waals surface area (Å²) >= 11 is 0. The van der Waals surface area contributed by atoms with E-state index in [1.54, 1.807) is 0 Å². The van der Waals surface area contributed by atoms with E-state index in [9.17, 15) is 43.9 Å². The molecule has 0 bridgehead atoms. The maximum Gasteiger partial charge on any atom is 0.512 e. The van der Waals surface area contributed by atoms with Gasteiger partial charge < -0.3 is 0 Å². The second-order valence-electron chi connectivity index (χ2n) is 3.53. The summed E-state index contributed by atoms with van der Waals surface area (Å²) in [6, 6.07) is 0. The van der Waals surface area contributed by atoms with Crippen LogP contribution >= 0.6 is 0 Å². The molecule has 6 nitrogen and oxygen atoms in total. The Kier molecular flexibility index (Phi) is 5.34. The summed E-state index contributed by atoms with van der Waals surface area (Å²) in [6.07, 6.45) is -0.854. The van der Waals surface area contributed by atoms with Gasteiger partial charge in [-0.05, 0) is 18.5 Å². The summed E-state index contributed by atoms with van der Waals surface area (Å²) in [6.45, 7) is 1.31. The fraction of sp³-hybridized carbons (Fsp3) is 1.00. The van der Waals surface area contributed by atoms with Gasteiger partial charge in [-0.1, -0.05) is 10.6 Å². The number of sulfonamides is 1. The van der Waals surface area contributed by atoms with E-state index in [4.69, 9.17) is 0 Å². The van der Waals surface area contributed by atoms with Crippen LogP contribution in [0.15, 0.2) is 5.18 Å². The van der Waals surface area contributed by atoms with E-state index in [1.807, 2.05) is 5.18 Å². The van der Waals surface area contributed by atoms with Crippen molar-refractivity contribution in [2.24, 2.45) is 5.18 Å². The molecule has 0 saturated carbocycles. The monoisotopic (exact) mass is 350 g/mol. The lowest BCUT2D eigenvalue weighted by Crippen LogP contribution is -2.55. The Balaban J connectivity index is 6.29. The lowest BCUT2D eigenvalue weighted by molar-refractivity contribution is -0.0533. The molecule has 0 heterocycles. The Bertz CT molecular complexity index is 501. The highest BCUT2D eigenvalue weighted by Crippen LogP contribution is 2.39. The van der Waals surface area contributed by atoms with Crippen LogP contribution in [-0.2, 0) is 21.0 Å². The third-order valence-corrected chi connectivity index (χ3v) is 5.62. The van der Waals surface area contributed by atoms with Crippen molar-refractivity contribution in [2.45, 2.75) is 36.9 Å². The molecular weight excluding hydrogens is 342 g/mol. The number of halogens is 6. The van der Waals surface area contributed by atoms with Crippen LogP contribution < -0.4 is 0 Å². The van der Waals surface area contributed by atoms with Gasteiger partial charge >= 0.3 is 21.0 Å². The first-order chi connectivity index (χ1) is 8.65. The molecule has 120 valence electrons. The standard InChI is InChI=1S/C6H8F6N2O4S2/c1-3-4(2,13-15)14(19(16)5(7,8)9)20(17,18)6(10,11)12/h3H2,1-2H3. The van der Waals surface area contributed by atoms with E-state index in [-0.39, 0.29) is 0 Å². The van der Waals surface area contributed by atoms with Crippen LogP contribution in [0, 0.1) is 4.91 Å². The lowest BCUT2D eigenvalue weighted by Gasteiger charge is -2.32. The molecule has 0 aromatic carbocycles. The van der Waals surface area contributed by atoms with Crippen LogP contribution in [0.3, 0.4) is 0 Å². The molecule has 0 amide bonds. The zero-order valence-corrected chi connectivity index (χ0v) is 11.5. The Labute approximate surface area is 111 Å². The van der Waals surface area contributed by atoms with Crippen molar-refractivity contribution >= 4 is 21.0 Å². The summed E-state index contributed by atoms with van der Waals surface area (Å²) < 4.78 is 106. The third-order valence-electron chi connectivity index (χ3n) is 2.12. The molecule has 0 aliphatic carbocycles. The minimum Gasteiger partial charge on any atom is -0.232 e. The highest BCUT2D eigenvalue weighted by molar-refractivity contribution is 8.02. The number of nitroso groups, excluding NO2 is 1. The van der Waals surface area contributed by atoms with Gasteiger partial charge in [-0.15, -0.1) is 4.91 Å². The summed E-state index contributed by atoms with van der Waals surface area (Å²) in [5, 5.41) is 1.96. The molecule has 0 aliphatic heterocycles. The summed E-state index contributed by atoms with van der Waals surface area (Å²) in [5.41, 5.74) is -15.0. The molecule has 0 aliphatic rings. The predicted octanol–water partition coefficient (Wildman–Crippen LogP) is 2.21. The molecule has 0 rings (SSSR count). The van der Waals surface area contributed by atoms with Crippen molar-refractivity contribution in [3.63, 3.8) is 0 Å². The molecule has 14 heteroatoms. The van der Waals surface area contributed by atoms with Gasteiger partial charge in [0.05, 0.1) is 0 Å². The number of alkyl halides is 6. The predicted molar refractivity (Wildman–Crippen MR) is 55.5 cm³/mol. The molecule has 0 N–H and O–H groups in total. The molecule has 0 saturated heterocycles. The normalized spacial score (nSPS) is 18.6. The molecule has 20 heavy (non-hydrogen) atoms. The van der Waals surface area contributed by atoms with Crippen LogP contribution in [0.5, 0.6) is 0 Å². The Morgan fingerprint density at radius 1 is 1.15 bits per heavy atom. The van der Waals surface area contributed by atoms with Crippen molar-refractivity contribution in [3.05, 3.63) is 4.91 Å². The van der Waals surface area contributed by atoms with Gasteiger partial charge in [-0.3, -0.25) is 0 Å². The smallest absolute Gasteiger partial charge is 0.232 e. The first-order valence-electron chi connectivity index (χ1n) is 4.60. The third kappa shape index (κ3) is 3.46. The lowest BCUT2D eigenvalue weighted by atomic mass is 10.2. The van der Waals surface area contributed by atoms with Gasteiger partial charge in [0.2, 0.25) is 11.0 Å². The second-order valence-corrected chi connectivity index (χ2v) is 6.87. The van der Waals surface area contributed by atoms with Crippen LogP contribution in [0.4, 0.5) is 26.3 Å². The summed E-state index contributed by atoms with van der Waals surface area (Å²) in [7, 11) is -11.3. The Morgan fingerprint density at radius 2 is 1.55 bits per heavy atom. The minimum atomic E-state index is -6.68. The summed E-state index contributed by atoms with van der Waals surface area (Å²) in [4.78, 5) is 10.5. The topological polar surface area (TPSA) is 83.9 Å². The van der Waals surface area contributed by atoms with E-state index in [0.717, 1.165) is 6.92 Å². The fourth-order valence-corrected chi connectivity index (χ4v) is 3.74. The first-order valence-corrected chi connectivity index (χ1v) is 7.14. The largest absolute Gasteiger partial charge is 0.512 e. The van der Waals surface area contributed by atoms with Gasteiger partial charge in [0, 0.05) is 0 Å². The van der Waals surface area contributed by atoms with Crippen molar-refractivity contribution in [1.29, 1.82) is 0 Å². The van der Waals surface area contributed by atoms with Crippen LogP contribution in [0.25, 0.3) is 0 Å². The maximum absolute atomic E-state index is 12.4. The molecule has 0 aromatic rings. The Morgan fingerprint density at radius 3 is 1.75 bits per heavy atom. The first kappa shape index (κ1) is 19.2. The van der Waals surface area contributed by atoms with E-state index < -0.39 is 47.8 Å². The molecule has 0 fully saturated rings. The molecule has 0 spiro atoms. The van der Waals surface area contributed by atoms with Crippen molar-refractivity contribution in [1.82, 2.24) is 3.71 Å². The highest BCUT2D eigenvalue weighted by atomic mass is 32.3. The van der Waals surface area contributed by atoms with Crippen molar-refractivity contribution < 1.29 is 39.0 Å². The van der Waals surface area contributed by atoms with E-state index in [1.165, 1.54) is 0 Å². The average Bonchev–Trinajstić information content (AvgIpc) is 2.25. The van der Waals surface area contributed by atoms with E-state index in [2.05, 4.69) is 0 Å². The number of nitrogens with zero attached hydrogens (tertiary/aromatic N) is 2. The fourth-order valence-electron chi connectivity index (χ4n) is 0.942. The zero-order valence-electron chi connectivity index (χ0n) is 9.82. The van der Waals surface area contributed by atoms with Gasteiger partial charge in [0.15, 0.2) is 5.66 Å². The summed E-state index contributed by atoms with van der Waals surface area (Å²) in [5.74, 6) is 0. The van der Waals surface area contributed by atoms with Gasteiger partial charge in [-0.25, -0.2) is 12.6 Å². The molecule has 0 aromatic heterocycles. The quantitative estimate of drug-likeness (QED) is 0.562. The van der Waals surface area contributed by atoms with E-state index in [0.29, 0.717) is 6.92 Å². The number of hydrogen-bond donors (Lipinski definition) is 0. The second kappa shape index (κ2) is 5.55. The van der Waals surface area contributed by atoms with Crippen LogP contribution in [0.1, 0.15) is 20.3 Å². The van der Waals surface area contributed by atoms with Gasteiger partial charge in [0.25, 0.3) is 0 Å². The highest BCUT2D eigenvalue weighted by Gasteiger charge is 2.62. The average molecular weight is 350 g/mol. The molecular formula is C6H8F6N2O4S2. The number of rotatable bonds is 5. The van der Waals surface area contributed by atoms with Gasteiger partial charge in [0.1, 0.15) is 0 Å². The molecule has 2 atom stereocenters. The number of hydrogen-bond acceptors (Lipinski definition) is 5. The maximum atomic E-state index is 12.4. The SMILES string of the molecule is CCC(C)(N=O)N(S(=O)C(F)(F)F)S(=O)(=O)C(F)(F)F. The van der Waals surface area contributed by atoms with Crippen molar-refractivity contribution in [2.75, 3.05) is 0 Å². The minimum absolute atomic E-state index is 0.396. The van der Waals surface area contributed by atoms with Crippen molar-refractivity contribution in [3.8, 4) is 0 Å². The van der Waals surface area contributed by atoms with Gasteiger partial charge in [-0.2, -0.15) is 26.3 Å². The zero-order chi connectivity index (χ0) is 16.6.